The maximum Gasteiger partial charge on any atom is 0.325 e. The summed E-state index contributed by atoms with van der Waals surface area (Å²) in [6.07, 6.45) is 0.273. The Bertz CT molecular complexity index is 1400. The third-order valence-electron chi connectivity index (χ3n) is 5.85. The molecule has 5 rings (SSSR count). The first-order chi connectivity index (χ1) is 17.4. The van der Waals surface area contributed by atoms with Crippen LogP contribution < -0.4 is 16.4 Å². The van der Waals surface area contributed by atoms with E-state index >= 15 is 0 Å². The Hall–Kier alpha value is -4.86. The Labute approximate surface area is 206 Å². The summed E-state index contributed by atoms with van der Waals surface area (Å²) in [5.41, 5.74) is 6.68. The fraction of sp³-hybridized carbons (Fsp3) is 0.115. The predicted molar refractivity (Wildman–Crippen MR) is 131 cm³/mol. The van der Waals surface area contributed by atoms with E-state index in [4.69, 9.17) is 5.73 Å². The summed E-state index contributed by atoms with van der Waals surface area (Å²) in [5.74, 6) is -0.661. The molecule has 2 heterocycles. The van der Waals surface area contributed by atoms with Crippen molar-refractivity contribution in [3.63, 3.8) is 0 Å². The summed E-state index contributed by atoms with van der Waals surface area (Å²) in [6, 6.07) is 23.7. The normalized spacial score (nSPS) is 17.2. The molecule has 0 saturated carbocycles. The van der Waals surface area contributed by atoms with Crippen molar-refractivity contribution >= 4 is 29.5 Å². The molecule has 1 unspecified atom stereocenters. The quantitative estimate of drug-likeness (QED) is 0.343. The molecule has 1 aromatic heterocycles. The number of urea groups is 1. The van der Waals surface area contributed by atoms with E-state index in [-0.39, 0.29) is 36.5 Å². The summed E-state index contributed by atoms with van der Waals surface area (Å²) < 4.78 is 13.2. The molecule has 3 aromatic carbocycles. The van der Waals surface area contributed by atoms with Gasteiger partial charge in [0.05, 0.1) is 6.54 Å². The maximum absolute atomic E-state index is 13.8. The van der Waals surface area contributed by atoms with Crippen LogP contribution >= 0.6 is 0 Å². The number of nitrogens with two attached hydrogens (primary N) is 1. The zero-order valence-corrected chi connectivity index (χ0v) is 19.1. The van der Waals surface area contributed by atoms with Gasteiger partial charge in [0, 0.05) is 12.1 Å². The first kappa shape index (κ1) is 22.9. The second kappa shape index (κ2) is 9.41. The van der Waals surface area contributed by atoms with Crippen LogP contribution in [-0.4, -0.2) is 31.8 Å². The summed E-state index contributed by atoms with van der Waals surface area (Å²) in [4.78, 5) is 40.5. The number of aromatic nitrogens is 3. The predicted octanol–water partition coefficient (Wildman–Crippen LogP) is 3.53. The van der Waals surface area contributed by atoms with Crippen molar-refractivity contribution in [2.24, 2.45) is 0 Å². The third-order valence-corrected chi connectivity index (χ3v) is 5.85. The highest BCUT2D eigenvalue weighted by molar-refractivity contribution is 6.07. The molecule has 1 atom stereocenters. The monoisotopic (exact) mass is 483 g/mol. The van der Waals surface area contributed by atoms with Crippen LogP contribution in [0.5, 0.6) is 0 Å². The Kier molecular flexibility index (Phi) is 5.99. The van der Waals surface area contributed by atoms with Gasteiger partial charge in [-0.05, 0) is 35.4 Å². The number of nitrogens with zero attached hydrogens (tertiary/aromatic N) is 4. The number of rotatable bonds is 7. The summed E-state index contributed by atoms with van der Waals surface area (Å²) >= 11 is 0. The number of nitrogens with one attached hydrogen (secondary N) is 2. The number of halogens is 1. The third kappa shape index (κ3) is 4.56. The van der Waals surface area contributed by atoms with Crippen molar-refractivity contribution in [2.75, 3.05) is 11.1 Å². The van der Waals surface area contributed by atoms with Gasteiger partial charge in [-0.1, -0.05) is 60.7 Å². The van der Waals surface area contributed by atoms with Gasteiger partial charge < -0.3 is 16.4 Å². The molecule has 0 radical (unpaired) electrons. The number of carbonyl (C=O) groups is 2. The van der Waals surface area contributed by atoms with Gasteiger partial charge in [-0.2, -0.15) is 15.0 Å². The van der Waals surface area contributed by atoms with Crippen LogP contribution in [0.15, 0.2) is 84.9 Å². The van der Waals surface area contributed by atoms with Gasteiger partial charge in [-0.15, -0.1) is 0 Å². The van der Waals surface area contributed by atoms with Gasteiger partial charge >= 0.3 is 6.03 Å². The minimum atomic E-state index is -1.28. The Balaban J connectivity index is 1.44. The Morgan fingerprint density at radius 1 is 0.889 bits per heavy atom. The van der Waals surface area contributed by atoms with Crippen LogP contribution in [0.1, 0.15) is 17.0 Å². The lowest BCUT2D eigenvalue weighted by molar-refractivity contribution is -0.132. The number of hydrogen-bond acceptors (Lipinski definition) is 7. The van der Waals surface area contributed by atoms with Gasteiger partial charge in [0.25, 0.3) is 5.91 Å². The van der Waals surface area contributed by atoms with E-state index in [1.807, 2.05) is 60.7 Å². The largest absolute Gasteiger partial charge is 0.368 e. The molecule has 0 spiro atoms. The van der Waals surface area contributed by atoms with Crippen LogP contribution in [0.2, 0.25) is 0 Å². The van der Waals surface area contributed by atoms with E-state index in [9.17, 15) is 14.0 Å². The highest BCUT2D eigenvalue weighted by atomic mass is 19.1. The van der Waals surface area contributed by atoms with E-state index in [1.54, 1.807) is 0 Å². The summed E-state index contributed by atoms with van der Waals surface area (Å²) in [6.45, 7) is -0.209. The van der Waals surface area contributed by atoms with Crippen molar-refractivity contribution in [2.45, 2.75) is 18.5 Å². The van der Waals surface area contributed by atoms with Crippen LogP contribution in [0.3, 0.4) is 0 Å². The fourth-order valence-electron chi connectivity index (χ4n) is 4.18. The van der Waals surface area contributed by atoms with Crippen LogP contribution in [0.25, 0.3) is 0 Å². The lowest BCUT2D eigenvalue weighted by Crippen LogP contribution is -2.46. The highest BCUT2D eigenvalue weighted by Crippen LogP contribution is 2.33. The lowest BCUT2D eigenvalue weighted by Gasteiger charge is -2.27. The number of amides is 3. The molecule has 1 saturated heterocycles. The van der Waals surface area contributed by atoms with Gasteiger partial charge in [-0.25, -0.2) is 9.18 Å². The molecule has 9 nitrogen and oxygen atoms in total. The molecule has 10 heteroatoms. The second-order valence-electron chi connectivity index (χ2n) is 8.32. The zero-order valence-electron chi connectivity index (χ0n) is 19.1. The van der Waals surface area contributed by atoms with E-state index in [1.165, 1.54) is 24.3 Å². The van der Waals surface area contributed by atoms with E-state index in [0.29, 0.717) is 11.3 Å². The molecule has 1 aliphatic rings. The van der Waals surface area contributed by atoms with Crippen LogP contribution in [-0.2, 0) is 23.3 Å². The van der Waals surface area contributed by atoms with E-state index in [2.05, 4.69) is 25.6 Å². The van der Waals surface area contributed by atoms with E-state index < -0.39 is 17.5 Å². The van der Waals surface area contributed by atoms with Gasteiger partial charge in [-0.3, -0.25) is 9.69 Å². The van der Waals surface area contributed by atoms with Crippen molar-refractivity contribution in [1.82, 2.24) is 25.2 Å². The molecule has 3 amide bonds. The SMILES string of the molecule is Nc1nc(CN2C(=O)NC(Cc3ccccc3)(c3ccccc3)C2=O)nc(Nc2ccc(F)cc2)n1. The summed E-state index contributed by atoms with van der Waals surface area (Å²) in [5, 5.41) is 5.83. The molecule has 1 fully saturated rings. The maximum atomic E-state index is 13.8. The number of carbonyl (C=O) groups excluding carboxylic acids is 2. The molecule has 0 bridgehead atoms. The number of benzene rings is 3. The van der Waals surface area contributed by atoms with Crippen LogP contribution in [0, 0.1) is 5.82 Å². The van der Waals surface area contributed by atoms with Gasteiger partial charge in [0.1, 0.15) is 5.82 Å². The molecule has 4 aromatic rings. The zero-order chi connectivity index (χ0) is 25.1. The molecule has 0 aliphatic carbocycles. The minimum absolute atomic E-state index is 0.0877. The average molecular weight is 484 g/mol. The summed E-state index contributed by atoms with van der Waals surface area (Å²) in [7, 11) is 0. The van der Waals surface area contributed by atoms with E-state index in [0.717, 1.165) is 10.5 Å². The number of nitrogen functional groups attached to an aromatic ring is 1. The average Bonchev–Trinajstić information content (AvgIpc) is 3.11. The Morgan fingerprint density at radius 2 is 1.56 bits per heavy atom. The van der Waals surface area contributed by atoms with Gasteiger partial charge in [0.15, 0.2) is 11.4 Å². The topological polar surface area (TPSA) is 126 Å². The van der Waals surface area contributed by atoms with Crippen molar-refractivity contribution in [3.05, 3.63) is 108 Å². The van der Waals surface area contributed by atoms with Crippen molar-refractivity contribution in [3.8, 4) is 0 Å². The smallest absolute Gasteiger partial charge is 0.325 e. The molecular formula is C26H22FN7O2. The lowest BCUT2D eigenvalue weighted by atomic mass is 9.83. The molecular weight excluding hydrogens is 461 g/mol. The standard InChI is InChI=1S/C26H22FN7O2/c27-19-11-13-20(14-12-19)29-24-31-21(30-23(28)32-24)16-34-22(35)26(33-25(34)36,18-9-5-2-6-10-18)15-17-7-3-1-4-8-17/h1-14H,15-16H2,(H,33,36)(H3,28,29,30,31,32). The first-order valence-corrected chi connectivity index (χ1v) is 11.2. The molecule has 36 heavy (non-hydrogen) atoms. The molecule has 1 aliphatic heterocycles. The molecule has 4 N–H and O–H groups in total. The first-order valence-electron chi connectivity index (χ1n) is 11.2. The van der Waals surface area contributed by atoms with Crippen LogP contribution in [0.4, 0.5) is 26.8 Å². The number of hydrogen-bond donors (Lipinski definition) is 3. The second-order valence-corrected chi connectivity index (χ2v) is 8.32. The number of imide groups is 1. The van der Waals surface area contributed by atoms with Crippen molar-refractivity contribution < 1.29 is 14.0 Å². The number of anilines is 3. The molecule has 180 valence electrons. The minimum Gasteiger partial charge on any atom is -0.368 e. The fourth-order valence-corrected chi connectivity index (χ4v) is 4.18. The van der Waals surface area contributed by atoms with Crippen molar-refractivity contribution in [1.29, 1.82) is 0 Å². The highest BCUT2D eigenvalue weighted by Gasteiger charge is 2.52. The Morgan fingerprint density at radius 3 is 2.25 bits per heavy atom. The van der Waals surface area contributed by atoms with Gasteiger partial charge in [0.2, 0.25) is 11.9 Å².